The predicted octanol–water partition coefficient (Wildman–Crippen LogP) is 29.9. The smallest absolute Gasteiger partial charge is 0.0714 e. The fourth-order valence-electron chi connectivity index (χ4n) is 20.5. The lowest BCUT2D eigenvalue weighted by Crippen LogP contribution is -2.29. The van der Waals surface area contributed by atoms with Crippen molar-refractivity contribution in [3.63, 3.8) is 0 Å². The SMILES string of the molecule is CC(C)(C)c1ccc2c(c1)C(c1ccccc1)(c1ccccc1)c1cc(N(c3ccc(-c4cccc(-c5ccc6c(c5)C(C)(C)c5cc(-c7ccc(N(c8ccc9c(c8)C(c8ccccc8)(c8ccccc8)c8ccccc8-9)c8ccccc8-c8ccccc8)cc7)ccc5-6)c4)cc3)c3ccc4c(c3)C(C)(C)c3ccccc3-4)ccc1-2. The largest absolute Gasteiger partial charge is 0.310 e. The molecule has 0 radical (unpaired) electrons. The molecule has 0 atom stereocenters. The van der Waals surface area contributed by atoms with Crippen LogP contribution in [0, 0.1) is 0 Å². The van der Waals surface area contributed by atoms with Gasteiger partial charge in [0.2, 0.25) is 0 Å². The van der Waals surface area contributed by atoms with Crippen LogP contribution in [0.15, 0.2) is 406 Å². The molecule has 0 saturated carbocycles. The molecule has 0 N–H and O–H groups in total. The average Bonchev–Trinajstić information content (AvgIpc) is 1.53. The summed E-state index contributed by atoms with van der Waals surface area (Å²) in [6.07, 6.45) is 0. The van der Waals surface area contributed by atoms with E-state index in [1.54, 1.807) is 0 Å². The molecule has 17 aromatic rings. The van der Waals surface area contributed by atoms with Crippen molar-refractivity contribution in [3.8, 4) is 89.0 Å². The average molecular weight is 1490 g/mol. The maximum atomic E-state index is 2.52. The molecule has 116 heavy (non-hydrogen) atoms. The van der Waals surface area contributed by atoms with Gasteiger partial charge in [-0.1, -0.05) is 370 Å². The van der Waals surface area contributed by atoms with Crippen LogP contribution in [-0.4, -0.2) is 0 Å². The molecule has 21 rings (SSSR count). The minimum atomic E-state index is -0.588. The maximum absolute atomic E-state index is 2.52. The van der Waals surface area contributed by atoms with E-state index in [4.69, 9.17) is 0 Å². The second-order valence-corrected chi connectivity index (χ2v) is 34.3. The Morgan fingerprint density at radius 3 is 0.991 bits per heavy atom. The Balaban J connectivity index is 0.613. The van der Waals surface area contributed by atoms with Crippen molar-refractivity contribution < 1.29 is 0 Å². The first-order chi connectivity index (χ1) is 56.6. The van der Waals surface area contributed by atoms with E-state index in [0.717, 1.165) is 45.3 Å². The van der Waals surface area contributed by atoms with E-state index in [-0.39, 0.29) is 16.2 Å². The van der Waals surface area contributed by atoms with Gasteiger partial charge in [0.1, 0.15) is 0 Å². The third kappa shape index (κ3) is 10.9. The lowest BCUT2D eigenvalue weighted by Gasteiger charge is -2.35. The van der Waals surface area contributed by atoms with E-state index in [1.807, 2.05) is 0 Å². The molecular weight excluding hydrogens is 1400 g/mol. The summed E-state index contributed by atoms with van der Waals surface area (Å²) in [7, 11) is 0. The molecule has 0 fully saturated rings. The highest BCUT2D eigenvalue weighted by Gasteiger charge is 2.49. The molecule has 2 heteroatoms. The highest BCUT2D eigenvalue weighted by molar-refractivity contribution is 5.96. The summed E-state index contributed by atoms with van der Waals surface area (Å²) in [6, 6.07) is 153. The molecule has 0 spiro atoms. The number of nitrogens with zero attached hydrogens (tertiary/aromatic N) is 2. The van der Waals surface area contributed by atoms with E-state index >= 15 is 0 Å². The summed E-state index contributed by atoms with van der Waals surface area (Å²) in [5.74, 6) is 0. The molecule has 0 heterocycles. The number of rotatable bonds is 14. The first-order valence-electron chi connectivity index (χ1n) is 41.0. The van der Waals surface area contributed by atoms with Gasteiger partial charge >= 0.3 is 0 Å². The van der Waals surface area contributed by atoms with Gasteiger partial charge < -0.3 is 9.80 Å². The number of hydrogen-bond acceptors (Lipinski definition) is 2. The number of anilines is 6. The Bertz CT molecular complexity index is 6620. The minimum Gasteiger partial charge on any atom is -0.310 e. The quantitative estimate of drug-likeness (QED) is 0.107. The second kappa shape index (κ2) is 27.0. The van der Waals surface area contributed by atoms with Gasteiger partial charge in [-0.25, -0.2) is 0 Å². The zero-order valence-electron chi connectivity index (χ0n) is 66.6. The monoisotopic (exact) mass is 1480 g/mol. The Labute approximate surface area is 682 Å². The zero-order valence-corrected chi connectivity index (χ0v) is 66.6. The first kappa shape index (κ1) is 70.2. The van der Waals surface area contributed by atoms with Crippen molar-refractivity contribution >= 4 is 34.1 Å². The predicted molar refractivity (Wildman–Crippen MR) is 486 cm³/mol. The van der Waals surface area contributed by atoms with Crippen LogP contribution in [0.1, 0.15) is 121 Å². The summed E-state index contributed by atoms with van der Waals surface area (Å²) in [4.78, 5) is 4.98. The minimum absolute atomic E-state index is 0.0507. The molecule has 2 nitrogen and oxygen atoms in total. The third-order valence-corrected chi connectivity index (χ3v) is 26.2. The highest BCUT2D eigenvalue weighted by atomic mass is 15.2. The van der Waals surface area contributed by atoms with E-state index in [0.29, 0.717) is 0 Å². The molecule has 0 amide bonds. The van der Waals surface area contributed by atoms with Crippen LogP contribution >= 0.6 is 0 Å². The van der Waals surface area contributed by atoms with Gasteiger partial charge in [0.25, 0.3) is 0 Å². The van der Waals surface area contributed by atoms with Crippen LogP contribution in [0.3, 0.4) is 0 Å². The van der Waals surface area contributed by atoms with Gasteiger partial charge in [0.15, 0.2) is 0 Å². The Hall–Kier alpha value is -13.7. The molecule has 0 bridgehead atoms. The van der Waals surface area contributed by atoms with Crippen LogP contribution in [-0.2, 0) is 27.1 Å². The molecule has 4 aliphatic carbocycles. The molecule has 4 aliphatic rings. The fraction of sp³-hybridized carbons (Fsp3) is 0.105. The van der Waals surface area contributed by atoms with Gasteiger partial charge in [-0.15, -0.1) is 0 Å². The Morgan fingerprint density at radius 1 is 0.190 bits per heavy atom. The first-order valence-corrected chi connectivity index (χ1v) is 41.0. The Morgan fingerprint density at radius 2 is 0.491 bits per heavy atom. The van der Waals surface area contributed by atoms with E-state index in [1.165, 1.54) is 150 Å². The van der Waals surface area contributed by atoms with Gasteiger partial charge in [-0.3, -0.25) is 0 Å². The molecule has 0 aromatic heterocycles. The Kier molecular flexibility index (Phi) is 16.4. The van der Waals surface area contributed by atoms with Crippen molar-refractivity contribution in [3.05, 3.63) is 479 Å². The molecule has 17 aromatic carbocycles. The van der Waals surface area contributed by atoms with Crippen LogP contribution in [0.4, 0.5) is 34.1 Å². The van der Waals surface area contributed by atoms with Crippen LogP contribution in [0.5, 0.6) is 0 Å². The molecule has 0 saturated heterocycles. The zero-order chi connectivity index (χ0) is 78.2. The van der Waals surface area contributed by atoms with Gasteiger partial charge in [0, 0.05) is 44.8 Å². The lowest BCUT2D eigenvalue weighted by molar-refractivity contribution is 0.588. The summed E-state index contributed by atoms with van der Waals surface area (Å²) in [5, 5.41) is 0. The lowest BCUT2D eigenvalue weighted by atomic mass is 9.67. The van der Waals surface area contributed by atoms with Crippen molar-refractivity contribution in [1.29, 1.82) is 0 Å². The van der Waals surface area contributed by atoms with Crippen LogP contribution in [0.25, 0.3) is 89.0 Å². The molecule has 0 aliphatic heterocycles. The van der Waals surface area contributed by atoms with E-state index in [2.05, 4.69) is 465 Å². The van der Waals surface area contributed by atoms with Gasteiger partial charge in [0.05, 0.1) is 16.5 Å². The summed E-state index contributed by atoms with van der Waals surface area (Å²) in [6.45, 7) is 16.6. The number of fused-ring (bicyclic) bond motifs is 12. The second-order valence-electron chi connectivity index (χ2n) is 34.3. The number of hydrogen-bond donors (Lipinski definition) is 0. The third-order valence-electron chi connectivity index (χ3n) is 26.2. The van der Waals surface area contributed by atoms with Gasteiger partial charge in [-0.2, -0.15) is 0 Å². The topological polar surface area (TPSA) is 6.48 Å². The van der Waals surface area contributed by atoms with Crippen LogP contribution in [0.2, 0.25) is 0 Å². The molecular formula is C114H88N2. The van der Waals surface area contributed by atoms with Crippen molar-refractivity contribution in [2.24, 2.45) is 0 Å². The number of benzene rings is 17. The highest BCUT2D eigenvalue weighted by Crippen LogP contribution is 2.61. The normalized spacial score (nSPS) is 14.3. The summed E-state index contributed by atoms with van der Waals surface area (Å²) >= 11 is 0. The van der Waals surface area contributed by atoms with Crippen molar-refractivity contribution in [2.45, 2.75) is 75.5 Å². The summed E-state index contributed by atoms with van der Waals surface area (Å²) in [5.41, 5.74) is 41.6. The molecule has 0 unspecified atom stereocenters. The van der Waals surface area contributed by atoms with E-state index in [9.17, 15) is 0 Å². The number of para-hydroxylation sites is 1. The summed E-state index contributed by atoms with van der Waals surface area (Å²) < 4.78 is 0. The molecule has 554 valence electrons. The standard InChI is InChI=1S/C114H88N2/c1-110(2,3)86-54-64-98-100-66-60-90(73-108(100)114(106(98)71-86,84-38-19-11-20-39-84)85-40-21-12-22-41-85)115(89-59-65-97-93-43-23-26-45-101(93)111(4,5)105(97)72-89)87-55-48-75(49-56-87)78-32-29-33-79(68-78)81-53-63-96-95-62-52-80(69-103(95)112(6,7)104(96)70-81)76-50-57-88(58-51-76)116(109-47-28-25-42-92(109)77-30-13-8-14-31-77)91-61-67-99-94-44-24-27-46-102(94)113(107(99)74-91,82-34-15-9-16-35-82)83-36-17-10-18-37-83/h8-74H,1-7H3. The van der Waals surface area contributed by atoms with E-state index < -0.39 is 10.8 Å². The fourth-order valence-corrected chi connectivity index (χ4v) is 20.5. The maximum Gasteiger partial charge on any atom is 0.0714 e. The van der Waals surface area contributed by atoms with Gasteiger partial charge in [-0.05, 0) is 246 Å². The van der Waals surface area contributed by atoms with Crippen molar-refractivity contribution in [2.75, 3.05) is 9.80 Å². The van der Waals surface area contributed by atoms with Crippen LogP contribution < -0.4 is 9.80 Å². The van der Waals surface area contributed by atoms with Crippen molar-refractivity contribution in [1.82, 2.24) is 0 Å².